The number of nitrogens with zero attached hydrogens (tertiary/aromatic N) is 2. The van der Waals surface area contributed by atoms with Gasteiger partial charge in [0.25, 0.3) is 5.91 Å². The third-order valence-electron chi connectivity index (χ3n) is 5.01. The molecule has 0 spiro atoms. The highest BCUT2D eigenvalue weighted by molar-refractivity contribution is 6.32. The number of rotatable bonds is 10. The molecule has 2 heterocycles. The number of unbranched alkanes of at least 4 members (excludes halogenated alkanes) is 1. The summed E-state index contributed by atoms with van der Waals surface area (Å²) in [5, 5.41) is 3.30. The van der Waals surface area contributed by atoms with Gasteiger partial charge in [0, 0.05) is 31.4 Å². The minimum atomic E-state index is -0.221. The van der Waals surface area contributed by atoms with Crippen LogP contribution in [0.15, 0.2) is 30.5 Å². The number of benzene rings is 1. The summed E-state index contributed by atoms with van der Waals surface area (Å²) in [6, 6.07) is 7.32. The maximum atomic E-state index is 12.7. The quantitative estimate of drug-likeness (QED) is 0.545. The zero-order chi connectivity index (χ0) is 21.3. The summed E-state index contributed by atoms with van der Waals surface area (Å²) in [6.45, 7) is 7.51. The Morgan fingerprint density at radius 1 is 1.20 bits per heavy atom. The fourth-order valence-corrected chi connectivity index (χ4v) is 3.62. The largest absolute Gasteiger partial charge is 0.490 e. The molecule has 7 heteroatoms. The van der Waals surface area contributed by atoms with Crippen LogP contribution >= 0.6 is 11.6 Å². The smallest absolute Gasteiger partial charge is 0.251 e. The van der Waals surface area contributed by atoms with E-state index in [0.717, 1.165) is 37.3 Å². The highest BCUT2D eigenvalue weighted by Gasteiger charge is 2.17. The fraction of sp³-hybridized carbons (Fsp3) is 0.478. The molecule has 0 radical (unpaired) electrons. The molecule has 6 nitrogen and oxygen atoms in total. The first-order valence-electron chi connectivity index (χ1n) is 10.7. The molecule has 1 amide bonds. The number of ether oxygens (including phenoxy) is 2. The van der Waals surface area contributed by atoms with Gasteiger partial charge in [0.15, 0.2) is 11.5 Å². The summed E-state index contributed by atoms with van der Waals surface area (Å²) in [5.41, 5.74) is 1.38. The van der Waals surface area contributed by atoms with Crippen molar-refractivity contribution in [2.45, 2.75) is 46.1 Å². The van der Waals surface area contributed by atoms with E-state index >= 15 is 0 Å². The van der Waals surface area contributed by atoms with Crippen LogP contribution < -0.4 is 19.7 Å². The van der Waals surface area contributed by atoms with E-state index in [1.165, 1.54) is 12.8 Å². The van der Waals surface area contributed by atoms with Crippen molar-refractivity contribution in [1.29, 1.82) is 0 Å². The van der Waals surface area contributed by atoms with Gasteiger partial charge in [0.05, 0.1) is 18.2 Å². The molecule has 1 fully saturated rings. The van der Waals surface area contributed by atoms with E-state index < -0.39 is 0 Å². The van der Waals surface area contributed by atoms with E-state index in [2.05, 4.69) is 22.1 Å². The maximum absolute atomic E-state index is 12.7. The Balaban J connectivity index is 1.64. The molecule has 162 valence electrons. The number of carbonyl (C=O) groups excluding carboxylic acids is 1. The molecule has 2 aromatic rings. The first-order chi connectivity index (χ1) is 14.6. The summed E-state index contributed by atoms with van der Waals surface area (Å²) in [5.74, 6) is 1.75. The number of aromatic nitrogens is 1. The minimum Gasteiger partial charge on any atom is -0.490 e. The van der Waals surface area contributed by atoms with Crippen molar-refractivity contribution in [1.82, 2.24) is 10.3 Å². The molecule has 1 N–H and O–H groups in total. The Bertz CT molecular complexity index is 836. The SMILES string of the molecule is CCCCOc1c(Cl)cc(C(=O)NCc2ccc(N3CCCC3)nc2)cc1OCC. The molecule has 1 aliphatic heterocycles. The van der Waals surface area contributed by atoms with E-state index in [9.17, 15) is 4.79 Å². The molecule has 1 aromatic carbocycles. The Hall–Kier alpha value is -2.47. The van der Waals surface area contributed by atoms with Crippen LogP contribution in [0.4, 0.5) is 5.82 Å². The molecule has 0 aliphatic carbocycles. The van der Waals surface area contributed by atoms with Crippen molar-refractivity contribution >= 4 is 23.3 Å². The fourth-order valence-electron chi connectivity index (χ4n) is 3.36. The van der Waals surface area contributed by atoms with E-state index in [4.69, 9.17) is 21.1 Å². The van der Waals surface area contributed by atoms with Gasteiger partial charge in [-0.2, -0.15) is 0 Å². The second-order valence-electron chi connectivity index (χ2n) is 7.32. The van der Waals surface area contributed by atoms with Crippen LogP contribution in [0.3, 0.4) is 0 Å². The van der Waals surface area contributed by atoms with Crippen molar-refractivity contribution in [3.63, 3.8) is 0 Å². The Morgan fingerprint density at radius 2 is 2.00 bits per heavy atom. The van der Waals surface area contributed by atoms with Crippen molar-refractivity contribution < 1.29 is 14.3 Å². The average Bonchev–Trinajstić information content (AvgIpc) is 3.29. The van der Waals surface area contributed by atoms with Gasteiger partial charge in [-0.3, -0.25) is 4.79 Å². The first kappa shape index (κ1) is 22.2. The Kier molecular flexibility index (Phi) is 8.20. The summed E-state index contributed by atoms with van der Waals surface area (Å²) in [7, 11) is 0. The monoisotopic (exact) mass is 431 g/mol. The number of hydrogen-bond donors (Lipinski definition) is 1. The standard InChI is InChI=1S/C23H30ClN3O3/c1-3-5-12-30-22-19(24)13-18(14-20(22)29-4-2)23(28)26-16-17-8-9-21(25-15-17)27-10-6-7-11-27/h8-9,13-15H,3-7,10-12,16H2,1-2H3,(H,26,28). The second kappa shape index (κ2) is 11.1. The molecular weight excluding hydrogens is 402 g/mol. The summed E-state index contributed by atoms with van der Waals surface area (Å²) in [6.07, 6.45) is 6.20. The van der Waals surface area contributed by atoms with Gasteiger partial charge in [0.2, 0.25) is 0 Å². The number of carbonyl (C=O) groups is 1. The van der Waals surface area contributed by atoms with Crippen LogP contribution in [-0.2, 0) is 6.54 Å². The van der Waals surface area contributed by atoms with Crippen LogP contribution in [0.25, 0.3) is 0 Å². The number of amides is 1. The minimum absolute atomic E-state index is 0.221. The van der Waals surface area contributed by atoms with E-state index in [0.29, 0.717) is 41.8 Å². The topological polar surface area (TPSA) is 63.7 Å². The molecule has 1 aromatic heterocycles. The van der Waals surface area contributed by atoms with Crippen molar-refractivity contribution in [3.05, 3.63) is 46.6 Å². The zero-order valence-corrected chi connectivity index (χ0v) is 18.5. The zero-order valence-electron chi connectivity index (χ0n) is 17.7. The van der Waals surface area contributed by atoms with Crippen LogP contribution in [0.5, 0.6) is 11.5 Å². The second-order valence-corrected chi connectivity index (χ2v) is 7.73. The Morgan fingerprint density at radius 3 is 2.67 bits per heavy atom. The van der Waals surface area contributed by atoms with E-state index in [1.807, 2.05) is 25.3 Å². The highest BCUT2D eigenvalue weighted by Crippen LogP contribution is 2.37. The lowest BCUT2D eigenvalue weighted by molar-refractivity contribution is 0.0950. The molecule has 0 atom stereocenters. The summed E-state index contributed by atoms with van der Waals surface area (Å²) >= 11 is 6.39. The lowest BCUT2D eigenvalue weighted by atomic mass is 10.1. The molecule has 30 heavy (non-hydrogen) atoms. The van der Waals surface area contributed by atoms with Crippen molar-refractivity contribution in [2.24, 2.45) is 0 Å². The molecule has 0 saturated carbocycles. The van der Waals surface area contributed by atoms with Gasteiger partial charge in [-0.05, 0) is 49.9 Å². The van der Waals surface area contributed by atoms with Gasteiger partial charge in [-0.15, -0.1) is 0 Å². The third-order valence-corrected chi connectivity index (χ3v) is 5.29. The molecule has 1 aliphatic rings. The van der Waals surface area contributed by atoms with Crippen LogP contribution in [0.1, 0.15) is 55.5 Å². The number of halogens is 1. The number of nitrogens with one attached hydrogen (secondary N) is 1. The summed E-state index contributed by atoms with van der Waals surface area (Å²) < 4.78 is 11.4. The van der Waals surface area contributed by atoms with E-state index in [1.54, 1.807) is 12.1 Å². The van der Waals surface area contributed by atoms with Crippen LogP contribution in [-0.4, -0.2) is 37.2 Å². The number of hydrogen-bond acceptors (Lipinski definition) is 5. The van der Waals surface area contributed by atoms with Gasteiger partial charge in [0.1, 0.15) is 5.82 Å². The normalized spacial score (nSPS) is 13.4. The van der Waals surface area contributed by atoms with Crippen molar-refractivity contribution in [3.8, 4) is 11.5 Å². The molecule has 1 saturated heterocycles. The molecule has 0 bridgehead atoms. The highest BCUT2D eigenvalue weighted by atomic mass is 35.5. The first-order valence-corrected chi connectivity index (χ1v) is 11.1. The third kappa shape index (κ3) is 5.79. The lowest BCUT2D eigenvalue weighted by Gasteiger charge is -2.16. The van der Waals surface area contributed by atoms with Gasteiger partial charge >= 0.3 is 0 Å². The Labute approximate surface area is 183 Å². The summed E-state index contributed by atoms with van der Waals surface area (Å²) in [4.78, 5) is 19.5. The number of anilines is 1. The van der Waals surface area contributed by atoms with Gasteiger partial charge in [-0.1, -0.05) is 31.0 Å². The van der Waals surface area contributed by atoms with Crippen LogP contribution in [0, 0.1) is 0 Å². The van der Waals surface area contributed by atoms with Crippen LogP contribution in [0.2, 0.25) is 5.02 Å². The average molecular weight is 432 g/mol. The van der Waals surface area contributed by atoms with Gasteiger partial charge < -0.3 is 19.7 Å². The van der Waals surface area contributed by atoms with Gasteiger partial charge in [-0.25, -0.2) is 4.98 Å². The van der Waals surface area contributed by atoms with Crippen molar-refractivity contribution in [2.75, 3.05) is 31.2 Å². The molecule has 0 unspecified atom stereocenters. The van der Waals surface area contributed by atoms with E-state index in [-0.39, 0.29) is 5.91 Å². The molecular formula is C23H30ClN3O3. The predicted octanol–water partition coefficient (Wildman–Crippen LogP) is 4.84. The molecule has 3 rings (SSSR count). The number of pyridine rings is 1. The maximum Gasteiger partial charge on any atom is 0.251 e. The predicted molar refractivity (Wildman–Crippen MR) is 120 cm³/mol. The lowest BCUT2D eigenvalue weighted by Crippen LogP contribution is -2.23.